The number of pyridine rings is 1. The molecule has 3 rings (SSSR count). The van der Waals surface area contributed by atoms with E-state index >= 15 is 0 Å². The molecule has 0 amide bonds. The molecule has 0 aliphatic heterocycles. The Hall–Kier alpha value is -2.42. The lowest BCUT2D eigenvalue weighted by atomic mass is 9.90. The predicted molar refractivity (Wildman–Crippen MR) is 102 cm³/mol. The highest BCUT2D eigenvalue weighted by Crippen LogP contribution is 2.36. The van der Waals surface area contributed by atoms with Crippen LogP contribution in [-0.2, 0) is 0 Å². The van der Waals surface area contributed by atoms with Gasteiger partial charge in [0.1, 0.15) is 18.7 Å². The fourth-order valence-corrected chi connectivity index (χ4v) is 3.59. The van der Waals surface area contributed by atoms with Gasteiger partial charge in [0.2, 0.25) is 0 Å². The third-order valence-corrected chi connectivity index (χ3v) is 4.70. The lowest BCUT2D eigenvalue weighted by Gasteiger charge is -2.24. The van der Waals surface area contributed by atoms with Crippen molar-refractivity contribution in [1.29, 1.82) is 5.26 Å². The molecule has 2 heterocycles. The summed E-state index contributed by atoms with van der Waals surface area (Å²) in [5.74, 6) is 0.194. The van der Waals surface area contributed by atoms with Gasteiger partial charge in [-0.1, -0.05) is 37.0 Å². The van der Waals surface area contributed by atoms with Crippen LogP contribution in [0.3, 0.4) is 0 Å². The Morgan fingerprint density at radius 3 is 2.54 bits per heavy atom. The van der Waals surface area contributed by atoms with Crippen LogP contribution in [0, 0.1) is 24.2 Å². The molecular formula is C19H17Cl2N5. The van der Waals surface area contributed by atoms with Crippen molar-refractivity contribution in [2.45, 2.75) is 26.8 Å². The molecule has 0 saturated heterocycles. The zero-order chi connectivity index (χ0) is 18.8. The summed E-state index contributed by atoms with van der Waals surface area (Å²) < 4.78 is 1.77. The zero-order valence-corrected chi connectivity index (χ0v) is 16.1. The maximum atomic E-state index is 9.92. The molecule has 1 atom stereocenters. The second-order valence-corrected chi connectivity index (χ2v) is 7.22. The first-order chi connectivity index (χ1) is 12.4. The first kappa shape index (κ1) is 18.4. The SMILES string of the molecule is Cc1cc(C(C(C)C)n2cncn2)c(C#N)c(-c2ccc(Cl)cc2Cl)n1. The van der Waals surface area contributed by atoms with Crippen LogP contribution in [0.5, 0.6) is 0 Å². The quantitative estimate of drug-likeness (QED) is 0.628. The van der Waals surface area contributed by atoms with E-state index in [0.29, 0.717) is 26.9 Å². The zero-order valence-electron chi connectivity index (χ0n) is 14.6. The Bertz CT molecular complexity index is 974. The Morgan fingerprint density at radius 1 is 1.19 bits per heavy atom. The lowest BCUT2D eigenvalue weighted by Crippen LogP contribution is -2.19. The van der Waals surface area contributed by atoms with E-state index in [2.05, 4.69) is 35.0 Å². The number of benzene rings is 1. The summed E-state index contributed by atoms with van der Waals surface area (Å²) >= 11 is 12.4. The van der Waals surface area contributed by atoms with Gasteiger partial charge >= 0.3 is 0 Å². The van der Waals surface area contributed by atoms with Crippen LogP contribution in [0.1, 0.15) is 36.7 Å². The fourth-order valence-electron chi connectivity index (χ4n) is 3.09. The maximum Gasteiger partial charge on any atom is 0.137 e. The third-order valence-electron chi connectivity index (χ3n) is 4.15. The normalized spacial score (nSPS) is 12.2. The average Bonchev–Trinajstić information content (AvgIpc) is 3.08. The number of hydrogen-bond donors (Lipinski definition) is 0. The van der Waals surface area contributed by atoms with Crippen molar-refractivity contribution >= 4 is 23.2 Å². The predicted octanol–water partition coefficient (Wildman–Crippen LogP) is 5.07. The number of nitrogens with zero attached hydrogens (tertiary/aromatic N) is 5. The van der Waals surface area contributed by atoms with E-state index in [0.717, 1.165) is 11.3 Å². The average molecular weight is 386 g/mol. The monoisotopic (exact) mass is 385 g/mol. The molecule has 0 bridgehead atoms. The molecular weight excluding hydrogens is 369 g/mol. The highest BCUT2D eigenvalue weighted by atomic mass is 35.5. The maximum absolute atomic E-state index is 9.92. The summed E-state index contributed by atoms with van der Waals surface area (Å²) in [6.07, 6.45) is 3.16. The summed E-state index contributed by atoms with van der Waals surface area (Å²) in [4.78, 5) is 8.64. The van der Waals surface area contributed by atoms with E-state index in [1.165, 1.54) is 6.33 Å². The minimum atomic E-state index is -0.140. The molecule has 132 valence electrons. The number of aryl methyl sites for hydroxylation is 1. The molecule has 0 fully saturated rings. The van der Waals surface area contributed by atoms with E-state index in [9.17, 15) is 5.26 Å². The molecule has 2 aromatic heterocycles. The van der Waals surface area contributed by atoms with Crippen LogP contribution in [0.2, 0.25) is 10.0 Å². The van der Waals surface area contributed by atoms with Crippen LogP contribution < -0.4 is 0 Å². The lowest BCUT2D eigenvalue weighted by molar-refractivity contribution is 0.400. The van der Waals surface area contributed by atoms with Gasteiger partial charge in [-0.3, -0.25) is 4.98 Å². The molecule has 1 unspecified atom stereocenters. The molecule has 0 aliphatic rings. The standard InChI is InChI=1S/C19H17Cl2N5/c1-11(2)19(26-10-23-9-24-26)15-6-12(3)25-18(16(15)8-22)14-5-4-13(20)7-17(14)21/h4-7,9-11,19H,1-3H3. The second-order valence-electron chi connectivity index (χ2n) is 6.38. The number of nitriles is 1. The van der Waals surface area contributed by atoms with Gasteiger partial charge in [0.15, 0.2) is 0 Å². The van der Waals surface area contributed by atoms with Crippen LogP contribution >= 0.6 is 23.2 Å². The topological polar surface area (TPSA) is 67.4 Å². The van der Waals surface area contributed by atoms with E-state index in [4.69, 9.17) is 23.2 Å². The molecule has 0 radical (unpaired) electrons. The summed E-state index contributed by atoms with van der Waals surface area (Å²) in [6.45, 7) is 6.06. The van der Waals surface area contributed by atoms with Gasteiger partial charge in [-0.15, -0.1) is 0 Å². The number of hydrogen-bond acceptors (Lipinski definition) is 4. The van der Waals surface area contributed by atoms with Gasteiger partial charge in [0.25, 0.3) is 0 Å². The molecule has 5 nitrogen and oxygen atoms in total. The molecule has 3 aromatic rings. The first-order valence-corrected chi connectivity index (χ1v) is 8.89. The molecule has 0 N–H and O–H groups in total. The fraction of sp³-hybridized carbons (Fsp3) is 0.263. The van der Waals surface area contributed by atoms with Crippen molar-refractivity contribution in [1.82, 2.24) is 19.7 Å². The van der Waals surface area contributed by atoms with Crippen molar-refractivity contribution in [3.8, 4) is 17.3 Å². The van der Waals surface area contributed by atoms with Crippen LogP contribution in [-0.4, -0.2) is 19.7 Å². The summed E-state index contributed by atoms with van der Waals surface area (Å²) in [5, 5.41) is 15.2. The van der Waals surface area contributed by atoms with E-state index in [-0.39, 0.29) is 12.0 Å². The van der Waals surface area contributed by atoms with E-state index < -0.39 is 0 Å². The van der Waals surface area contributed by atoms with E-state index in [1.54, 1.807) is 29.2 Å². The highest BCUT2D eigenvalue weighted by molar-refractivity contribution is 6.36. The summed E-state index contributed by atoms with van der Waals surface area (Å²) in [7, 11) is 0. The Balaban J connectivity index is 2.28. The summed E-state index contributed by atoms with van der Waals surface area (Å²) in [6, 6.07) is 9.29. The minimum Gasteiger partial charge on any atom is -0.252 e. The number of aromatic nitrogens is 4. The molecule has 0 spiro atoms. The van der Waals surface area contributed by atoms with Gasteiger partial charge in [-0.2, -0.15) is 10.4 Å². The van der Waals surface area contributed by atoms with Gasteiger partial charge in [-0.05, 0) is 42.7 Å². The van der Waals surface area contributed by atoms with Crippen LogP contribution in [0.4, 0.5) is 0 Å². The van der Waals surface area contributed by atoms with Crippen molar-refractivity contribution in [2.75, 3.05) is 0 Å². The second kappa shape index (κ2) is 7.45. The van der Waals surface area contributed by atoms with Gasteiger partial charge in [0.05, 0.1) is 22.3 Å². The van der Waals surface area contributed by atoms with Gasteiger partial charge in [-0.25, -0.2) is 9.67 Å². The van der Waals surface area contributed by atoms with Crippen molar-refractivity contribution < 1.29 is 0 Å². The first-order valence-electron chi connectivity index (χ1n) is 8.13. The minimum absolute atomic E-state index is 0.140. The van der Waals surface area contributed by atoms with Gasteiger partial charge in [0, 0.05) is 16.3 Å². The van der Waals surface area contributed by atoms with Crippen LogP contribution in [0.15, 0.2) is 36.9 Å². The molecule has 1 aromatic carbocycles. The van der Waals surface area contributed by atoms with Crippen LogP contribution in [0.25, 0.3) is 11.3 Å². The third kappa shape index (κ3) is 3.44. The van der Waals surface area contributed by atoms with E-state index in [1.807, 2.05) is 13.0 Å². The van der Waals surface area contributed by atoms with Crippen molar-refractivity contribution in [3.63, 3.8) is 0 Å². The Morgan fingerprint density at radius 2 is 1.96 bits per heavy atom. The number of halogens is 2. The molecule has 26 heavy (non-hydrogen) atoms. The molecule has 7 heteroatoms. The molecule has 0 saturated carbocycles. The Kier molecular flexibility index (Phi) is 5.26. The largest absolute Gasteiger partial charge is 0.252 e. The number of rotatable bonds is 4. The molecule has 0 aliphatic carbocycles. The smallest absolute Gasteiger partial charge is 0.137 e. The highest BCUT2D eigenvalue weighted by Gasteiger charge is 2.25. The Labute approximate surface area is 162 Å². The van der Waals surface area contributed by atoms with Crippen molar-refractivity contribution in [3.05, 3.63) is 63.8 Å². The summed E-state index contributed by atoms with van der Waals surface area (Å²) in [5.41, 5.74) is 3.36. The van der Waals surface area contributed by atoms with Gasteiger partial charge < -0.3 is 0 Å². The van der Waals surface area contributed by atoms with Crippen molar-refractivity contribution in [2.24, 2.45) is 5.92 Å².